The SMILES string of the molecule is C[Si]1(C)c2cc(N(c3ccccc3)c3ccccc3-c3ccccc3)ccc2-c2ccc(N(c3ccccc3)c3ccc4ccccc4c3)c3cccc1c23. The predicted octanol–water partition coefficient (Wildman–Crippen LogP) is 13.4. The van der Waals surface area contributed by atoms with Gasteiger partial charge in [-0.2, -0.15) is 0 Å². The maximum absolute atomic E-state index is 2.53. The van der Waals surface area contributed by atoms with Gasteiger partial charge in [-0.15, -0.1) is 0 Å². The summed E-state index contributed by atoms with van der Waals surface area (Å²) >= 11 is 0. The van der Waals surface area contributed by atoms with Gasteiger partial charge in [0.2, 0.25) is 0 Å². The van der Waals surface area contributed by atoms with Crippen LogP contribution in [0.3, 0.4) is 0 Å². The van der Waals surface area contributed by atoms with Gasteiger partial charge < -0.3 is 9.80 Å². The van der Waals surface area contributed by atoms with Gasteiger partial charge in [0.15, 0.2) is 0 Å². The summed E-state index contributed by atoms with van der Waals surface area (Å²) in [6.45, 7) is 5.06. The van der Waals surface area contributed by atoms with Crippen LogP contribution in [0.15, 0.2) is 206 Å². The van der Waals surface area contributed by atoms with Crippen molar-refractivity contribution in [3.05, 3.63) is 206 Å². The van der Waals surface area contributed by atoms with Crippen LogP contribution < -0.4 is 20.2 Å². The van der Waals surface area contributed by atoms with Crippen LogP contribution in [-0.2, 0) is 0 Å². The Morgan fingerprint density at radius 2 is 0.927 bits per heavy atom. The Morgan fingerprint density at radius 3 is 1.67 bits per heavy atom. The van der Waals surface area contributed by atoms with E-state index >= 15 is 0 Å². The largest absolute Gasteiger partial charge is 0.310 e. The zero-order valence-electron chi connectivity index (χ0n) is 31.0. The van der Waals surface area contributed by atoms with E-state index in [0.717, 1.165) is 22.7 Å². The molecule has 55 heavy (non-hydrogen) atoms. The molecule has 0 fully saturated rings. The highest BCUT2D eigenvalue weighted by Gasteiger charge is 2.37. The summed E-state index contributed by atoms with van der Waals surface area (Å²) < 4.78 is 0. The van der Waals surface area contributed by atoms with E-state index in [1.807, 2.05) is 0 Å². The van der Waals surface area contributed by atoms with Crippen LogP contribution in [0.2, 0.25) is 13.1 Å². The van der Waals surface area contributed by atoms with E-state index in [1.54, 1.807) is 0 Å². The van der Waals surface area contributed by atoms with Crippen LogP contribution in [0, 0.1) is 0 Å². The second-order valence-corrected chi connectivity index (χ2v) is 19.3. The van der Waals surface area contributed by atoms with Crippen molar-refractivity contribution in [1.82, 2.24) is 0 Å². The normalized spacial score (nSPS) is 12.7. The van der Waals surface area contributed by atoms with Gasteiger partial charge in [0, 0.05) is 33.7 Å². The molecule has 3 heteroatoms. The molecule has 0 aliphatic carbocycles. The highest BCUT2D eigenvalue weighted by Crippen LogP contribution is 2.46. The highest BCUT2D eigenvalue weighted by atomic mass is 28.3. The molecule has 1 aliphatic heterocycles. The van der Waals surface area contributed by atoms with E-state index in [9.17, 15) is 0 Å². The lowest BCUT2D eigenvalue weighted by atomic mass is 9.95. The highest BCUT2D eigenvalue weighted by molar-refractivity contribution is 7.03. The summed E-state index contributed by atoms with van der Waals surface area (Å²) in [6, 6.07) is 75.5. The summed E-state index contributed by atoms with van der Waals surface area (Å²) in [6.07, 6.45) is 0. The molecule has 2 nitrogen and oxygen atoms in total. The Balaban J connectivity index is 1.16. The van der Waals surface area contributed by atoms with Crippen molar-refractivity contribution in [2.24, 2.45) is 0 Å². The fraction of sp³-hybridized carbons (Fsp3) is 0.0385. The maximum atomic E-state index is 2.53. The molecule has 0 radical (unpaired) electrons. The number of hydrogen-bond acceptors (Lipinski definition) is 2. The number of hydrogen-bond donors (Lipinski definition) is 0. The standard InChI is InChI=1S/C52H40N2Si/c1-55(2)50-28-16-26-47-49(53(40-21-8-4-9-22-40)42-30-29-37-17-12-13-20-39(37)35-42)34-33-46(52(47)50)45-32-31-43(36-51(45)55)54(41-23-10-5-11-24-41)48-27-15-14-25-44(48)38-18-6-3-7-19-38/h3-36H,1-2H3. The lowest BCUT2D eigenvalue weighted by Crippen LogP contribution is -2.56. The van der Waals surface area contributed by atoms with Crippen molar-refractivity contribution >= 4 is 74.1 Å². The number of rotatable bonds is 7. The van der Waals surface area contributed by atoms with Crippen molar-refractivity contribution in [2.45, 2.75) is 13.1 Å². The van der Waals surface area contributed by atoms with Crippen LogP contribution in [0.4, 0.5) is 34.1 Å². The van der Waals surface area contributed by atoms with Crippen molar-refractivity contribution in [2.75, 3.05) is 9.80 Å². The van der Waals surface area contributed by atoms with Gasteiger partial charge in [0.25, 0.3) is 0 Å². The van der Waals surface area contributed by atoms with Crippen molar-refractivity contribution in [1.29, 1.82) is 0 Å². The van der Waals surface area contributed by atoms with E-state index in [2.05, 4.69) is 229 Å². The van der Waals surface area contributed by atoms with E-state index in [4.69, 9.17) is 0 Å². The average Bonchev–Trinajstić information content (AvgIpc) is 3.24. The minimum atomic E-state index is -2.22. The third kappa shape index (κ3) is 5.55. The summed E-state index contributed by atoms with van der Waals surface area (Å²) in [4.78, 5) is 4.87. The molecular weight excluding hydrogens is 681 g/mol. The van der Waals surface area contributed by atoms with Crippen LogP contribution in [0.25, 0.3) is 43.8 Å². The molecule has 0 saturated carbocycles. The molecule has 10 rings (SSSR count). The second kappa shape index (κ2) is 13.3. The Labute approximate surface area is 324 Å². The fourth-order valence-electron chi connectivity index (χ4n) is 8.75. The Hall–Kier alpha value is -6.68. The molecule has 262 valence electrons. The average molecular weight is 721 g/mol. The molecule has 9 aromatic carbocycles. The molecule has 0 aromatic heterocycles. The first-order chi connectivity index (χ1) is 27.1. The molecule has 9 aromatic rings. The summed E-state index contributed by atoms with van der Waals surface area (Å²) in [7, 11) is -2.22. The molecule has 0 unspecified atom stereocenters. The smallest absolute Gasteiger partial charge is 0.113 e. The van der Waals surface area contributed by atoms with Crippen LogP contribution in [0.1, 0.15) is 0 Å². The van der Waals surface area contributed by atoms with E-state index in [-0.39, 0.29) is 0 Å². The van der Waals surface area contributed by atoms with E-state index in [0.29, 0.717) is 0 Å². The predicted molar refractivity (Wildman–Crippen MR) is 238 cm³/mol. The first-order valence-electron chi connectivity index (χ1n) is 19.1. The number of anilines is 6. The number of benzene rings is 9. The van der Waals surface area contributed by atoms with Gasteiger partial charge in [-0.3, -0.25) is 0 Å². The van der Waals surface area contributed by atoms with Crippen molar-refractivity contribution in [3.8, 4) is 22.3 Å². The van der Waals surface area contributed by atoms with E-state index < -0.39 is 8.07 Å². The Kier molecular flexibility index (Phi) is 7.97. The first kappa shape index (κ1) is 32.9. The molecule has 0 atom stereocenters. The molecule has 0 spiro atoms. The Morgan fingerprint density at radius 1 is 0.345 bits per heavy atom. The van der Waals surface area contributed by atoms with Gasteiger partial charge in [-0.05, 0) is 104 Å². The second-order valence-electron chi connectivity index (χ2n) is 15.0. The van der Waals surface area contributed by atoms with Crippen LogP contribution in [0.5, 0.6) is 0 Å². The summed E-state index contributed by atoms with van der Waals surface area (Å²) in [5, 5.41) is 8.09. The lowest BCUT2D eigenvalue weighted by molar-refractivity contribution is 1.28. The zero-order chi connectivity index (χ0) is 36.9. The fourth-order valence-corrected chi connectivity index (χ4v) is 11.9. The summed E-state index contributed by atoms with van der Waals surface area (Å²) in [5.41, 5.74) is 12.0. The lowest BCUT2D eigenvalue weighted by Gasteiger charge is -2.36. The van der Waals surface area contributed by atoms with Gasteiger partial charge in [-0.1, -0.05) is 159 Å². The van der Waals surface area contributed by atoms with E-state index in [1.165, 1.54) is 65.5 Å². The quantitative estimate of drug-likeness (QED) is 0.151. The molecule has 0 amide bonds. The topological polar surface area (TPSA) is 6.48 Å². The zero-order valence-corrected chi connectivity index (χ0v) is 32.0. The number of nitrogens with zero attached hydrogens (tertiary/aromatic N) is 2. The minimum absolute atomic E-state index is 1.14. The first-order valence-corrected chi connectivity index (χ1v) is 22.1. The minimum Gasteiger partial charge on any atom is -0.310 e. The van der Waals surface area contributed by atoms with Gasteiger partial charge in [0.1, 0.15) is 8.07 Å². The third-order valence-electron chi connectivity index (χ3n) is 11.4. The van der Waals surface area contributed by atoms with Crippen LogP contribution >= 0.6 is 0 Å². The third-order valence-corrected chi connectivity index (χ3v) is 14.9. The maximum Gasteiger partial charge on any atom is 0.113 e. The van der Waals surface area contributed by atoms with Gasteiger partial charge >= 0.3 is 0 Å². The van der Waals surface area contributed by atoms with Crippen LogP contribution in [-0.4, -0.2) is 8.07 Å². The molecule has 1 aliphatic rings. The molecule has 0 bridgehead atoms. The van der Waals surface area contributed by atoms with Gasteiger partial charge in [-0.25, -0.2) is 0 Å². The molecule has 0 saturated heterocycles. The molecular formula is C52H40N2Si. The number of para-hydroxylation sites is 3. The molecule has 0 N–H and O–H groups in total. The molecule has 1 heterocycles. The van der Waals surface area contributed by atoms with Gasteiger partial charge in [0.05, 0.1) is 11.4 Å². The van der Waals surface area contributed by atoms with Crippen molar-refractivity contribution in [3.63, 3.8) is 0 Å². The van der Waals surface area contributed by atoms with Crippen molar-refractivity contribution < 1.29 is 0 Å². The monoisotopic (exact) mass is 720 g/mol. The summed E-state index contributed by atoms with van der Waals surface area (Å²) in [5.74, 6) is 0. The number of fused-ring (bicyclic) bond motifs is 3. The Bertz CT molecular complexity index is 2850.